The highest BCUT2D eigenvalue weighted by atomic mass is 14.2. The van der Waals surface area contributed by atoms with Crippen molar-refractivity contribution >= 4 is 0 Å². The first-order chi connectivity index (χ1) is 6.88. The molecule has 0 saturated carbocycles. The van der Waals surface area contributed by atoms with Gasteiger partial charge in [-0.2, -0.15) is 0 Å². The summed E-state index contributed by atoms with van der Waals surface area (Å²) in [6.45, 7) is 11.4. The Morgan fingerprint density at radius 3 is 2.33 bits per heavy atom. The Balaban J connectivity index is 2.66. The molecule has 0 radical (unpaired) electrons. The molecule has 0 heterocycles. The van der Waals surface area contributed by atoms with E-state index in [1.807, 2.05) is 0 Å². The zero-order valence-corrected chi connectivity index (χ0v) is 10.8. The van der Waals surface area contributed by atoms with Gasteiger partial charge in [0.15, 0.2) is 0 Å². The Morgan fingerprint density at radius 2 is 1.80 bits per heavy atom. The van der Waals surface area contributed by atoms with Gasteiger partial charge in [0.25, 0.3) is 0 Å². The predicted octanol–water partition coefficient (Wildman–Crippen LogP) is 4.79. The summed E-state index contributed by atoms with van der Waals surface area (Å²) in [5.74, 6) is 0.639. The van der Waals surface area contributed by atoms with Crippen molar-refractivity contribution < 1.29 is 0 Å². The van der Waals surface area contributed by atoms with Crippen LogP contribution in [0.1, 0.15) is 58.1 Å². The number of rotatable bonds is 3. The first-order valence-electron chi connectivity index (χ1n) is 5.97. The lowest BCUT2D eigenvalue weighted by Crippen LogP contribution is -2.06. The molecule has 15 heavy (non-hydrogen) atoms. The monoisotopic (exact) mass is 204 g/mol. The SMILES string of the molecule is CC(C)c1cccc(CCC(C)(C)C)c1. The summed E-state index contributed by atoms with van der Waals surface area (Å²) in [5.41, 5.74) is 3.38. The molecule has 0 heteroatoms. The van der Waals surface area contributed by atoms with Gasteiger partial charge < -0.3 is 0 Å². The standard InChI is InChI=1S/C15H24/c1-12(2)14-8-6-7-13(11-14)9-10-15(3,4)5/h6-8,11-12H,9-10H2,1-5H3. The molecule has 1 aromatic rings. The molecule has 0 aromatic heterocycles. The van der Waals surface area contributed by atoms with Crippen LogP contribution in [0.15, 0.2) is 24.3 Å². The van der Waals surface area contributed by atoms with E-state index in [0.717, 1.165) is 0 Å². The Morgan fingerprint density at radius 1 is 1.13 bits per heavy atom. The molecule has 0 spiro atoms. The highest BCUT2D eigenvalue weighted by molar-refractivity contribution is 5.25. The van der Waals surface area contributed by atoms with Gasteiger partial charge in [-0.05, 0) is 35.3 Å². The molecule has 0 fully saturated rings. The van der Waals surface area contributed by atoms with Crippen molar-refractivity contribution in [1.82, 2.24) is 0 Å². The van der Waals surface area contributed by atoms with E-state index in [2.05, 4.69) is 58.9 Å². The fraction of sp³-hybridized carbons (Fsp3) is 0.600. The maximum absolute atomic E-state index is 2.36. The molecule has 0 amide bonds. The molecule has 0 nitrogen and oxygen atoms in total. The summed E-state index contributed by atoms with van der Waals surface area (Å²) in [5, 5.41) is 0. The minimum absolute atomic E-state index is 0.438. The maximum atomic E-state index is 2.36. The fourth-order valence-corrected chi connectivity index (χ4v) is 1.63. The molecule has 0 aliphatic heterocycles. The van der Waals surface area contributed by atoms with Crippen molar-refractivity contribution in [2.24, 2.45) is 5.41 Å². The second kappa shape index (κ2) is 4.83. The van der Waals surface area contributed by atoms with E-state index >= 15 is 0 Å². The highest BCUT2D eigenvalue weighted by Gasteiger charge is 2.10. The van der Waals surface area contributed by atoms with Gasteiger partial charge in [-0.25, -0.2) is 0 Å². The van der Waals surface area contributed by atoms with Crippen LogP contribution in [0.4, 0.5) is 0 Å². The van der Waals surface area contributed by atoms with Crippen LogP contribution in [-0.4, -0.2) is 0 Å². The Bertz CT molecular complexity index is 302. The summed E-state index contributed by atoms with van der Waals surface area (Å²) in [6, 6.07) is 9.02. The van der Waals surface area contributed by atoms with Crippen molar-refractivity contribution in [3.8, 4) is 0 Å². The smallest absolute Gasteiger partial charge is 0.0219 e. The van der Waals surface area contributed by atoms with Gasteiger partial charge in [-0.15, -0.1) is 0 Å². The van der Waals surface area contributed by atoms with Crippen LogP contribution in [-0.2, 0) is 6.42 Å². The lowest BCUT2D eigenvalue weighted by Gasteiger charge is -2.18. The number of hydrogen-bond acceptors (Lipinski definition) is 0. The first kappa shape index (κ1) is 12.3. The normalized spacial score (nSPS) is 12.1. The van der Waals surface area contributed by atoms with Gasteiger partial charge in [0, 0.05) is 0 Å². The largest absolute Gasteiger partial charge is 0.0617 e. The summed E-state index contributed by atoms with van der Waals surface area (Å²) in [7, 11) is 0. The molecule has 0 aliphatic rings. The molecule has 1 rings (SSSR count). The van der Waals surface area contributed by atoms with Crippen LogP contribution in [0.5, 0.6) is 0 Å². The van der Waals surface area contributed by atoms with Gasteiger partial charge in [0.05, 0.1) is 0 Å². The van der Waals surface area contributed by atoms with Crippen molar-refractivity contribution in [3.63, 3.8) is 0 Å². The number of benzene rings is 1. The van der Waals surface area contributed by atoms with Crippen molar-refractivity contribution in [2.45, 2.75) is 53.4 Å². The van der Waals surface area contributed by atoms with Crippen molar-refractivity contribution in [2.75, 3.05) is 0 Å². The van der Waals surface area contributed by atoms with E-state index < -0.39 is 0 Å². The third-order valence-electron chi connectivity index (χ3n) is 2.78. The van der Waals surface area contributed by atoms with Crippen molar-refractivity contribution in [3.05, 3.63) is 35.4 Å². The van der Waals surface area contributed by atoms with Crippen molar-refractivity contribution in [1.29, 1.82) is 0 Å². The van der Waals surface area contributed by atoms with E-state index in [1.165, 1.54) is 24.0 Å². The summed E-state index contributed by atoms with van der Waals surface area (Å²) < 4.78 is 0. The first-order valence-corrected chi connectivity index (χ1v) is 5.97. The molecular formula is C15H24. The quantitative estimate of drug-likeness (QED) is 0.664. The van der Waals surface area contributed by atoms with E-state index in [1.54, 1.807) is 0 Å². The van der Waals surface area contributed by atoms with Crippen LogP contribution in [0, 0.1) is 5.41 Å². The van der Waals surface area contributed by atoms with Gasteiger partial charge in [-0.3, -0.25) is 0 Å². The molecule has 84 valence electrons. The van der Waals surface area contributed by atoms with Crippen LogP contribution in [0.3, 0.4) is 0 Å². The summed E-state index contributed by atoms with van der Waals surface area (Å²) in [4.78, 5) is 0. The topological polar surface area (TPSA) is 0 Å². The average Bonchev–Trinajstić information content (AvgIpc) is 2.14. The van der Waals surface area contributed by atoms with E-state index in [9.17, 15) is 0 Å². The van der Waals surface area contributed by atoms with E-state index in [0.29, 0.717) is 11.3 Å². The lowest BCUT2D eigenvalue weighted by molar-refractivity contribution is 0.378. The van der Waals surface area contributed by atoms with E-state index in [-0.39, 0.29) is 0 Å². The van der Waals surface area contributed by atoms with Crippen LogP contribution >= 0.6 is 0 Å². The molecule has 0 N–H and O–H groups in total. The van der Waals surface area contributed by atoms with E-state index in [4.69, 9.17) is 0 Å². The zero-order chi connectivity index (χ0) is 11.5. The van der Waals surface area contributed by atoms with Gasteiger partial charge >= 0.3 is 0 Å². The third kappa shape index (κ3) is 4.51. The predicted molar refractivity (Wildman–Crippen MR) is 68.3 cm³/mol. The zero-order valence-electron chi connectivity index (χ0n) is 10.8. The molecule has 0 unspecified atom stereocenters. The molecular weight excluding hydrogens is 180 g/mol. The van der Waals surface area contributed by atoms with Crippen LogP contribution in [0.25, 0.3) is 0 Å². The minimum Gasteiger partial charge on any atom is -0.0617 e. The van der Waals surface area contributed by atoms with Crippen LogP contribution < -0.4 is 0 Å². The fourth-order valence-electron chi connectivity index (χ4n) is 1.63. The number of aryl methyl sites for hydroxylation is 1. The Hall–Kier alpha value is -0.780. The van der Waals surface area contributed by atoms with Crippen LogP contribution in [0.2, 0.25) is 0 Å². The highest BCUT2D eigenvalue weighted by Crippen LogP contribution is 2.23. The second-order valence-corrected chi connectivity index (χ2v) is 5.96. The molecule has 0 bridgehead atoms. The summed E-state index contributed by atoms with van der Waals surface area (Å²) >= 11 is 0. The molecule has 0 saturated heterocycles. The Labute approximate surface area is 94.7 Å². The second-order valence-electron chi connectivity index (χ2n) is 5.96. The van der Waals surface area contributed by atoms with Gasteiger partial charge in [0.2, 0.25) is 0 Å². The minimum atomic E-state index is 0.438. The molecule has 0 aliphatic carbocycles. The average molecular weight is 204 g/mol. The Kier molecular flexibility index (Phi) is 3.96. The molecule has 1 aromatic carbocycles. The van der Waals surface area contributed by atoms with Gasteiger partial charge in [-0.1, -0.05) is 58.9 Å². The summed E-state index contributed by atoms with van der Waals surface area (Å²) in [6.07, 6.45) is 2.46. The lowest BCUT2D eigenvalue weighted by atomic mass is 9.88. The molecule has 0 atom stereocenters. The number of hydrogen-bond donors (Lipinski definition) is 0. The van der Waals surface area contributed by atoms with Gasteiger partial charge in [0.1, 0.15) is 0 Å². The maximum Gasteiger partial charge on any atom is -0.0219 e. The third-order valence-corrected chi connectivity index (χ3v) is 2.78.